The van der Waals surface area contributed by atoms with Gasteiger partial charge in [-0.2, -0.15) is 5.84 Å². The third-order valence-electron chi connectivity index (χ3n) is 2.39. The molecule has 0 saturated heterocycles. The minimum atomic E-state index is 0.552. The first kappa shape index (κ1) is 6.83. The van der Waals surface area contributed by atoms with Crippen LogP contribution in [-0.2, 0) is 6.42 Å². The molecule has 11 heavy (non-hydrogen) atoms. The topological polar surface area (TPSA) is 26.0 Å². The normalized spacial score (nSPS) is 28.5. The molecule has 0 amide bonds. The van der Waals surface area contributed by atoms with Crippen molar-refractivity contribution in [2.24, 2.45) is 5.84 Å². The summed E-state index contributed by atoms with van der Waals surface area (Å²) in [7, 11) is 2.05. The lowest BCUT2D eigenvalue weighted by Crippen LogP contribution is -2.50. The second-order valence-corrected chi connectivity index (χ2v) is 3.37. The van der Waals surface area contributed by atoms with Gasteiger partial charge in [0.05, 0.1) is 7.05 Å². The Morgan fingerprint density at radius 1 is 1.36 bits per heavy atom. The number of rotatable bonds is 0. The Labute approximate surface area is 66.8 Å². The number of hydrogen-bond donors (Lipinski definition) is 1. The molecule has 0 spiro atoms. The van der Waals surface area contributed by atoms with Gasteiger partial charge < -0.3 is 0 Å². The van der Waals surface area contributed by atoms with Crippen molar-refractivity contribution in [3.05, 3.63) is 29.8 Å². The third kappa shape index (κ3) is 0.951. The Kier molecular flexibility index (Phi) is 1.28. The summed E-state index contributed by atoms with van der Waals surface area (Å²) in [4.78, 5) is 0. The molecular formula is C9H13N2+. The Balaban J connectivity index is 2.56. The Morgan fingerprint density at radius 2 is 2.09 bits per heavy atom. The fraction of sp³-hybridized carbons (Fsp3) is 0.333. The third-order valence-corrected chi connectivity index (χ3v) is 2.39. The van der Waals surface area contributed by atoms with Gasteiger partial charge in [-0.25, -0.2) is 4.59 Å². The summed E-state index contributed by atoms with van der Waals surface area (Å²) in [6, 6.07) is 8.39. The Bertz CT molecular complexity index is 279. The first-order valence-electron chi connectivity index (χ1n) is 3.93. The molecule has 1 aromatic carbocycles. The van der Waals surface area contributed by atoms with Gasteiger partial charge in [-0.1, -0.05) is 18.2 Å². The van der Waals surface area contributed by atoms with Crippen LogP contribution in [0.25, 0.3) is 0 Å². The van der Waals surface area contributed by atoms with E-state index in [0.29, 0.717) is 4.59 Å². The van der Waals surface area contributed by atoms with Crippen LogP contribution in [0.2, 0.25) is 0 Å². The highest BCUT2D eigenvalue weighted by atomic mass is 15.6. The molecule has 2 rings (SSSR count). The van der Waals surface area contributed by atoms with Crippen molar-refractivity contribution in [2.75, 3.05) is 13.6 Å². The molecule has 2 heteroatoms. The maximum absolute atomic E-state index is 6.03. The van der Waals surface area contributed by atoms with Crippen LogP contribution >= 0.6 is 0 Å². The molecule has 1 unspecified atom stereocenters. The van der Waals surface area contributed by atoms with Crippen molar-refractivity contribution in [1.29, 1.82) is 0 Å². The van der Waals surface area contributed by atoms with Gasteiger partial charge in [0.1, 0.15) is 6.54 Å². The van der Waals surface area contributed by atoms with Gasteiger partial charge in [-0.05, 0) is 0 Å². The molecule has 0 radical (unpaired) electrons. The van der Waals surface area contributed by atoms with E-state index in [1.54, 1.807) is 0 Å². The molecule has 58 valence electrons. The highest BCUT2D eigenvalue weighted by Crippen LogP contribution is 2.28. The van der Waals surface area contributed by atoms with Crippen LogP contribution < -0.4 is 10.4 Å². The van der Waals surface area contributed by atoms with Gasteiger partial charge >= 0.3 is 0 Å². The highest BCUT2D eigenvalue weighted by Gasteiger charge is 2.30. The van der Waals surface area contributed by atoms with E-state index < -0.39 is 0 Å². The van der Waals surface area contributed by atoms with E-state index in [1.807, 2.05) is 13.1 Å². The summed E-state index contributed by atoms with van der Waals surface area (Å²) in [5.74, 6) is 6.03. The number of nitrogens with zero attached hydrogens (tertiary/aromatic N) is 1. The number of hydrogen-bond acceptors (Lipinski definition) is 1. The number of nitrogens with two attached hydrogens (primary N) is 1. The van der Waals surface area contributed by atoms with E-state index in [0.717, 1.165) is 13.0 Å². The zero-order chi connectivity index (χ0) is 7.90. The van der Waals surface area contributed by atoms with Crippen molar-refractivity contribution < 1.29 is 0 Å². The molecular weight excluding hydrogens is 136 g/mol. The van der Waals surface area contributed by atoms with E-state index in [-0.39, 0.29) is 0 Å². The van der Waals surface area contributed by atoms with Crippen molar-refractivity contribution in [2.45, 2.75) is 6.42 Å². The van der Waals surface area contributed by atoms with E-state index in [1.165, 1.54) is 11.3 Å². The molecule has 2 N–H and O–H groups in total. The number of likely N-dealkylation sites (N-methyl/N-ethyl adjacent to an activating group) is 1. The van der Waals surface area contributed by atoms with Crippen LogP contribution in [-0.4, -0.2) is 13.6 Å². The zero-order valence-corrected chi connectivity index (χ0v) is 6.75. The van der Waals surface area contributed by atoms with Crippen molar-refractivity contribution in [1.82, 2.24) is 4.59 Å². The first-order valence-corrected chi connectivity index (χ1v) is 3.93. The fourth-order valence-corrected chi connectivity index (χ4v) is 1.69. The van der Waals surface area contributed by atoms with Crippen LogP contribution in [0.3, 0.4) is 0 Å². The zero-order valence-electron chi connectivity index (χ0n) is 6.75. The second-order valence-electron chi connectivity index (χ2n) is 3.37. The molecule has 1 aliphatic heterocycles. The number of quaternary nitrogens is 1. The van der Waals surface area contributed by atoms with Crippen LogP contribution in [0, 0.1) is 0 Å². The second kappa shape index (κ2) is 2.06. The summed E-state index contributed by atoms with van der Waals surface area (Å²) >= 11 is 0. The average Bonchev–Trinajstić information content (AvgIpc) is 2.29. The Morgan fingerprint density at radius 3 is 2.82 bits per heavy atom. The smallest absolute Gasteiger partial charge is 0.155 e. The molecule has 0 saturated carbocycles. The monoisotopic (exact) mass is 149 g/mol. The summed E-state index contributed by atoms with van der Waals surface area (Å²) < 4.78 is 0.552. The van der Waals surface area contributed by atoms with Crippen molar-refractivity contribution in [3.63, 3.8) is 0 Å². The van der Waals surface area contributed by atoms with Crippen molar-refractivity contribution in [3.8, 4) is 0 Å². The predicted octanol–water partition coefficient (Wildman–Crippen LogP) is 1.05. The molecule has 1 atom stereocenters. The van der Waals surface area contributed by atoms with Crippen LogP contribution in [0.1, 0.15) is 5.56 Å². The quantitative estimate of drug-likeness (QED) is 0.433. The Hall–Kier alpha value is -0.860. The van der Waals surface area contributed by atoms with Crippen LogP contribution in [0.4, 0.5) is 5.69 Å². The van der Waals surface area contributed by atoms with E-state index in [4.69, 9.17) is 5.84 Å². The number of fused-ring (bicyclic) bond motifs is 1. The van der Waals surface area contributed by atoms with Gasteiger partial charge in [0.15, 0.2) is 5.69 Å². The van der Waals surface area contributed by atoms with E-state index >= 15 is 0 Å². The highest BCUT2D eigenvalue weighted by molar-refractivity contribution is 5.52. The summed E-state index contributed by atoms with van der Waals surface area (Å²) in [6.45, 7) is 1.03. The summed E-state index contributed by atoms with van der Waals surface area (Å²) in [5, 5.41) is 0. The minimum Gasteiger partial charge on any atom is -0.218 e. The van der Waals surface area contributed by atoms with Gasteiger partial charge in [-0.15, -0.1) is 0 Å². The maximum atomic E-state index is 6.03. The largest absolute Gasteiger partial charge is 0.218 e. The maximum Gasteiger partial charge on any atom is 0.155 e. The van der Waals surface area contributed by atoms with E-state index in [9.17, 15) is 0 Å². The minimum absolute atomic E-state index is 0.552. The molecule has 0 fully saturated rings. The van der Waals surface area contributed by atoms with E-state index in [2.05, 4.69) is 18.2 Å². The lowest BCUT2D eigenvalue weighted by atomic mass is 10.2. The number of para-hydroxylation sites is 1. The van der Waals surface area contributed by atoms with Gasteiger partial charge in [-0.3, -0.25) is 0 Å². The molecule has 0 aromatic heterocycles. The first-order chi connectivity index (χ1) is 5.20. The SMILES string of the molecule is C[N+]1(N)CCc2ccccc21. The van der Waals surface area contributed by atoms with Crippen LogP contribution in [0.15, 0.2) is 24.3 Å². The molecule has 1 heterocycles. The van der Waals surface area contributed by atoms with Crippen molar-refractivity contribution >= 4 is 5.69 Å². The summed E-state index contributed by atoms with van der Waals surface area (Å²) in [5.41, 5.74) is 2.67. The van der Waals surface area contributed by atoms with Gasteiger partial charge in [0.2, 0.25) is 0 Å². The molecule has 0 aliphatic carbocycles. The van der Waals surface area contributed by atoms with Gasteiger partial charge in [0.25, 0.3) is 0 Å². The molecule has 2 nitrogen and oxygen atoms in total. The summed E-state index contributed by atoms with van der Waals surface area (Å²) in [6.07, 6.45) is 1.11. The van der Waals surface area contributed by atoms with Gasteiger partial charge in [0, 0.05) is 18.1 Å². The van der Waals surface area contributed by atoms with Crippen LogP contribution in [0.5, 0.6) is 0 Å². The predicted molar refractivity (Wildman–Crippen MR) is 46.9 cm³/mol. The fourth-order valence-electron chi connectivity index (χ4n) is 1.69. The lowest BCUT2D eigenvalue weighted by molar-refractivity contribution is 0.373. The standard InChI is InChI=1S/C9H13N2/c1-11(10)7-6-8-4-2-3-5-9(8)11/h2-5H,6-7,10H2,1H3/q+1. The molecule has 0 bridgehead atoms. The average molecular weight is 149 g/mol. The number of benzene rings is 1. The lowest BCUT2D eigenvalue weighted by Gasteiger charge is -2.21. The molecule has 1 aliphatic rings. The molecule has 1 aromatic rings.